The van der Waals surface area contributed by atoms with E-state index in [4.69, 9.17) is 0 Å². The van der Waals surface area contributed by atoms with Crippen molar-refractivity contribution in [1.82, 2.24) is 10.2 Å². The third kappa shape index (κ3) is 5.09. The zero-order valence-corrected chi connectivity index (χ0v) is 22.3. The monoisotopic (exact) mass is 532 g/mol. The highest BCUT2D eigenvalue weighted by Gasteiger charge is 2.52. The van der Waals surface area contributed by atoms with Gasteiger partial charge >= 0.3 is 0 Å². The number of anilines is 2. The van der Waals surface area contributed by atoms with Gasteiger partial charge in [-0.15, -0.1) is 0 Å². The van der Waals surface area contributed by atoms with Crippen LogP contribution in [0.25, 0.3) is 0 Å². The van der Waals surface area contributed by atoms with Crippen molar-refractivity contribution in [2.75, 3.05) is 42.6 Å². The van der Waals surface area contributed by atoms with Crippen LogP contribution in [-0.2, 0) is 26.5 Å². The fraction of sp³-hybridized carbons (Fsp3) is 0.433. The number of carbonyl (C=O) groups is 3. The van der Waals surface area contributed by atoms with Gasteiger partial charge in [-0.05, 0) is 36.6 Å². The minimum absolute atomic E-state index is 0.00563. The number of amides is 3. The van der Waals surface area contributed by atoms with Gasteiger partial charge in [-0.1, -0.05) is 49.4 Å². The molecule has 39 heavy (non-hydrogen) atoms. The molecule has 3 aliphatic rings. The number of nitrogens with zero attached hydrogens (tertiary/aromatic N) is 3. The van der Waals surface area contributed by atoms with Gasteiger partial charge in [0.05, 0.1) is 31.4 Å². The average molecular weight is 533 g/mol. The number of likely N-dealkylation sites (tertiary alicyclic amines) is 1. The van der Waals surface area contributed by atoms with Crippen LogP contribution in [0, 0.1) is 5.92 Å². The van der Waals surface area contributed by atoms with E-state index in [1.165, 1.54) is 0 Å². The molecule has 0 aliphatic carbocycles. The Bertz CT molecular complexity index is 1280. The zero-order chi connectivity index (χ0) is 27.6. The van der Waals surface area contributed by atoms with E-state index in [1.54, 1.807) is 45.9 Å². The number of hydrogen-bond donors (Lipinski definition) is 3. The number of rotatable bonds is 8. The molecule has 3 aliphatic heterocycles. The highest BCUT2D eigenvalue weighted by atomic mass is 16.3. The van der Waals surface area contributed by atoms with Crippen LogP contribution in [0.3, 0.4) is 0 Å². The van der Waals surface area contributed by atoms with Crippen molar-refractivity contribution >= 4 is 29.1 Å². The Labute approximate surface area is 228 Å². The Morgan fingerprint density at radius 1 is 1.18 bits per heavy atom. The van der Waals surface area contributed by atoms with Gasteiger partial charge in [0.25, 0.3) is 5.91 Å². The molecule has 3 amide bonds. The molecule has 0 bridgehead atoms. The Kier molecular flexibility index (Phi) is 7.83. The van der Waals surface area contributed by atoms with Crippen molar-refractivity contribution in [3.05, 3.63) is 71.8 Å². The predicted molar refractivity (Wildman–Crippen MR) is 148 cm³/mol. The predicted octanol–water partition coefficient (Wildman–Crippen LogP) is 1.92. The third-order valence-electron chi connectivity index (χ3n) is 8.11. The number of nitrogens with one attached hydrogen (secondary N) is 1. The van der Waals surface area contributed by atoms with Gasteiger partial charge in [0.2, 0.25) is 11.8 Å². The van der Waals surface area contributed by atoms with E-state index in [0.29, 0.717) is 30.9 Å². The first kappa shape index (κ1) is 27.1. The SMILES string of the molecule is C[C@H](/C=C/CC(=O)N1CCC[C@H]1CO)[C@@]1(O)C(=O)N(Cc2cccc(N3CCNCC3=O)c2)c2ccccc21. The van der Waals surface area contributed by atoms with E-state index in [0.717, 1.165) is 30.6 Å². The molecule has 2 aromatic carbocycles. The number of carbonyl (C=O) groups excluding carboxylic acids is 3. The standard InChI is InChI=1S/C30H36N4O5/c1-21(7-4-13-27(36)32-15-6-10-24(32)20-35)30(39)25-11-2-3-12-26(25)34(29(30)38)19-22-8-5-9-23(17-22)33-16-14-31-18-28(33)37/h2-5,7-9,11-12,17,21,24,31,35,39H,6,10,13-16,18-20H2,1H3/b7-4+/t21-,24+,30+/m1/s1. The number of piperazine rings is 1. The van der Waals surface area contributed by atoms with Crippen LogP contribution in [-0.4, -0.2) is 71.7 Å². The van der Waals surface area contributed by atoms with Crippen LogP contribution in [0.2, 0.25) is 0 Å². The molecule has 3 N–H and O–H groups in total. The highest BCUT2D eigenvalue weighted by Crippen LogP contribution is 2.45. The van der Waals surface area contributed by atoms with E-state index in [-0.39, 0.29) is 37.4 Å². The molecule has 2 aromatic rings. The van der Waals surface area contributed by atoms with Gasteiger partial charge in [-0.25, -0.2) is 0 Å². The number of fused-ring (bicyclic) bond motifs is 1. The number of hydrogen-bond acceptors (Lipinski definition) is 6. The molecule has 0 saturated carbocycles. The van der Waals surface area contributed by atoms with Crippen LogP contribution < -0.4 is 15.1 Å². The van der Waals surface area contributed by atoms with Crippen molar-refractivity contribution in [2.45, 2.75) is 44.4 Å². The molecule has 3 heterocycles. The lowest BCUT2D eigenvalue weighted by Crippen LogP contribution is -2.48. The Morgan fingerprint density at radius 2 is 2.00 bits per heavy atom. The van der Waals surface area contributed by atoms with Crippen molar-refractivity contribution in [1.29, 1.82) is 0 Å². The second-order valence-corrected chi connectivity index (χ2v) is 10.6. The van der Waals surface area contributed by atoms with E-state index >= 15 is 0 Å². The summed E-state index contributed by atoms with van der Waals surface area (Å²) >= 11 is 0. The number of aliphatic hydroxyl groups is 2. The molecule has 0 radical (unpaired) electrons. The molecule has 0 aromatic heterocycles. The lowest BCUT2D eigenvalue weighted by atomic mass is 9.83. The first-order chi connectivity index (χ1) is 18.8. The van der Waals surface area contributed by atoms with E-state index in [9.17, 15) is 24.6 Å². The molecule has 5 rings (SSSR count). The first-order valence-corrected chi connectivity index (χ1v) is 13.7. The van der Waals surface area contributed by atoms with Gasteiger partial charge in [0, 0.05) is 43.2 Å². The second-order valence-electron chi connectivity index (χ2n) is 10.6. The molecular formula is C30H36N4O5. The number of aliphatic hydroxyl groups excluding tert-OH is 1. The first-order valence-electron chi connectivity index (χ1n) is 13.7. The topological polar surface area (TPSA) is 113 Å². The highest BCUT2D eigenvalue weighted by molar-refractivity contribution is 6.07. The lowest BCUT2D eigenvalue weighted by molar-refractivity contribution is -0.139. The van der Waals surface area contributed by atoms with Gasteiger partial charge < -0.3 is 30.2 Å². The van der Waals surface area contributed by atoms with Gasteiger partial charge in [0.1, 0.15) is 0 Å². The summed E-state index contributed by atoms with van der Waals surface area (Å²) in [5.41, 5.74) is 1.05. The van der Waals surface area contributed by atoms with Crippen LogP contribution in [0.5, 0.6) is 0 Å². The largest absolute Gasteiger partial charge is 0.394 e. The minimum atomic E-state index is -1.77. The zero-order valence-electron chi connectivity index (χ0n) is 22.3. The Morgan fingerprint density at radius 3 is 2.79 bits per heavy atom. The molecular weight excluding hydrogens is 496 g/mol. The van der Waals surface area contributed by atoms with Crippen LogP contribution in [0.4, 0.5) is 11.4 Å². The van der Waals surface area contributed by atoms with Crippen molar-refractivity contribution in [2.24, 2.45) is 5.92 Å². The Hall–Kier alpha value is -3.53. The fourth-order valence-corrected chi connectivity index (χ4v) is 5.93. The van der Waals surface area contributed by atoms with Gasteiger partial charge in [-0.3, -0.25) is 14.4 Å². The minimum Gasteiger partial charge on any atom is -0.394 e. The summed E-state index contributed by atoms with van der Waals surface area (Å²) in [5.74, 6) is -1.06. The van der Waals surface area contributed by atoms with Crippen LogP contribution in [0.15, 0.2) is 60.7 Å². The van der Waals surface area contributed by atoms with E-state index in [2.05, 4.69) is 5.32 Å². The van der Waals surface area contributed by atoms with Crippen molar-refractivity contribution < 1.29 is 24.6 Å². The molecule has 9 heteroatoms. The molecule has 0 spiro atoms. The average Bonchev–Trinajstić information content (AvgIpc) is 3.52. The molecule has 2 fully saturated rings. The maximum absolute atomic E-state index is 13.8. The fourth-order valence-electron chi connectivity index (χ4n) is 5.93. The van der Waals surface area contributed by atoms with Crippen molar-refractivity contribution in [3.8, 4) is 0 Å². The summed E-state index contributed by atoms with van der Waals surface area (Å²) < 4.78 is 0. The normalized spacial score (nSPS) is 24.1. The maximum Gasteiger partial charge on any atom is 0.264 e. The molecule has 0 unspecified atom stereocenters. The quantitative estimate of drug-likeness (QED) is 0.448. The van der Waals surface area contributed by atoms with E-state index < -0.39 is 17.4 Å². The summed E-state index contributed by atoms with van der Waals surface area (Å²) in [5, 5.41) is 24.4. The van der Waals surface area contributed by atoms with Gasteiger partial charge in [-0.2, -0.15) is 0 Å². The molecule has 3 atom stereocenters. The third-order valence-corrected chi connectivity index (χ3v) is 8.11. The molecule has 2 saturated heterocycles. The summed E-state index contributed by atoms with van der Waals surface area (Å²) in [6.45, 7) is 4.23. The number of benzene rings is 2. The lowest BCUT2D eigenvalue weighted by Gasteiger charge is -2.29. The summed E-state index contributed by atoms with van der Waals surface area (Å²) in [4.78, 5) is 43.9. The van der Waals surface area contributed by atoms with Gasteiger partial charge in [0.15, 0.2) is 5.60 Å². The number of para-hydroxylation sites is 1. The summed E-state index contributed by atoms with van der Waals surface area (Å²) in [7, 11) is 0. The van der Waals surface area contributed by atoms with Crippen molar-refractivity contribution in [3.63, 3.8) is 0 Å². The molecule has 206 valence electrons. The summed E-state index contributed by atoms with van der Waals surface area (Å²) in [6.07, 6.45) is 5.28. The maximum atomic E-state index is 13.8. The van der Waals surface area contributed by atoms with E-state index in [1.807, 2.05) is 36.4 Å². The Balaban J connectivity index is 1.34. The smallest absolute Gasteiger partial charge is 0.264 e. The van der Waals surface area contributed by atoms with Crippen LogP contribution >= 0.6 is 0 Å². The summed E-state index contributed by atoms with van der Waals surface area (Å²) in [6, 6.07) is 14.7. The molecule has 9 nitrogen and oxygen atoms in total. The second kappa shape index (κ2) is 11.3. The van der Waals surface area contributed by atoms with Crippen LogP contribution in [0.1, 0.15) is 37.3 Å².